The van der Waals surface area contributed by atoms with Crippen LogP contribution < -0.4 is 10.2 Å². The predicted molar refractivity (Wildman–Crippen MR) is 88.8 cm³/mol. The molecule has 0 fully saturated rings. The van der Waals surface area contributed by atoms with Crippen LogP contribution in [0.25, 0.3) is 11.0 Å². The molecule has 0 unspecified atom stereocenters. The molecule has 0 bridgehead atoms. The van der Waals surface area contributed by atoms with Gasteiger partial charge in [0, 0.05) is 0 Å². The number of halogens is 1. The Morgan fingerprint density at radius 3 is 2.41 bits per heavy atom. The molecule has 1 N–H and O–H groups in total. The van der Waals surface area contributed by atoms with Crippen molar-refractivity contribution in [2.75, 3.05) is 12.5 Å². The second-order valence-electron chi connectivity index (χ2n) is 4.49. The van der Waals surface area contributed by atoms with Crippen LogP contribution in [0.5, 0.6) is 5.75 Å². The van der Waals surface area contributed by atoms with E-state index < -0.39 is 0 Å². The number of nitrogens with one attached hydrogen (secondary N) is 1. The van der Waals surface area contributed by atoms with Crippen LogP contribution in [0.1, 0.15) is 5.56 Å². The van der Waals surface area contributed by atoms with Gasteiger partial charge in [0.25, 0.3) is 0 Å². The maximum absolute atomic E-state index is 6.10. The average molecular weight is 313 g/mol. The minimum atomic E-state index is 0.283. The molecule has 1 aromatic heterocycles. The molecule has 1 heterocycles. The van der Waals surface area contributed by atoms with Gasteiger partial charge in [0.15, 0.2) is 11.0 Å². The third-order valence-corrected chi connectivity index (χ3v) is 3.29. The van der Waals surface area contributed by atoms with Gasteiger partial charge in [0.05, 0.1) is 24.4 Å². The second kappa shape index (κ2) is 6.41. The van der Waals surface area contributed by atoms with Crippen LogP contribution in [0.2, 0.25) is 5.15 Å². The number of hydrogen-bond acceptors (Lipinski definition) is 5. The van der Waals surface area contributed by atoms with E-state index in [-0.39, 0.29) is 5.15 Å². The highest BCUT2D eigenvalue weighted by Gasteiger charge is 2.05. The van der Waals surface area contributed by atoms with Crippen LogP contribution in [-0.2, 0) is 0 Å². The molecule has 0 saturated carbocycles. The first kappa shape index (κ1) is 14.3. The largest absolute Gasteiger partial charge is 0.497 e. The number of nitrogens with zero attached hydrogens (tertiary/aromatic N) is 3. The Labute approximate surface area is 132 Å². The van der Waals surface area contributed by atoms with Crippen molar-refractivity contribution in [3.8, 4) is 5.75 Å². The van der Waals surface area contributed by atoms with E-state index in [9.17, 15) is 0 Å². The van der Waals surface area contributed by atoms with Crippen molar-refractivity contribution in [3.63, 3.8) is 0 Å². The summed E-state index contributed by atoms with van der Waals surface area (Å²) >= 11 is 6.10. The Morgan fingerprint density at radius 2 is 1.73 bits per heavy atom. The fourth-order valence-corrected chi connectivity index (χ4v) is 2.08. The van der Waals surface area contributed by atoms with Gasteiger partial charge in [0.2, 0.25) is 0 Å². The summed E-state index contributed by atoms with van der Waals surface area (Å²) in [6.07, 6.45) is 1.67. The average Bonchev–Trinajstić information content (AvgIpc) is 2.56. The highest BCUT2D eigenvalue weighted by Crippen LogP contribution is 2.20. The zero-order chi connectivity index (χ0) is 15.4. The second-order valence-corrected chi connectivity index (χ2v) is 4.85. The van der Waals surface area contributed by atoms with Gasteiger partial charge in [-0.25, -0.2) is 9.97 Å². The van der Waals surface area contributed by atoms with E-state index in [1.165, 1.54) is 0 Å². The van der Waals surface area contributed by atoms with Crippen LogP contribution in [0.3, 0.4) is 0 Å². The number of methoxy groups -OCH3 is 1. The summed E-state index contributed by atoms with van der Waals surface area (Å²) < 4.78 is 5.10. The van der Waals surface area contributed by atoms with Gasteiger partial charge in [0.1, 0.15) is 5.75 Å². The first-order valence-corrected chi connectivity index (χ1v) is 6.99. The van der Waals surface area contributed by atoms with Crippen LogP contribution in [0.15, 0.2) is 53.6 Å². The molecule has 6 heteroatoms. The SMILES string of the molecule is COc1ccc(/C=N/Nc2nc3ccccc3nc2Cl)cc1. The molecule has 3 rings (SSSR count). The summed E-state index contributed by atoms with van der Waals surface area (Å²) in [5.41, 5.74) is 5.25. The predicted octanol–water partition coefficient (Wildman–Crippen LogP) is 3.74. The molecular weight excluding hydrogens is 300 g/mol. The maximum atomic E-state index is 6.10. The molecule has 0 spiro atoms. The van der Waals surface area contributed by atoms with Crippen molar-refractivity contribution in [1.29, 1.82) is 0 Å². The Balaban J connectivity index is 1.77. The van der Waals surface area contributed by atoms with Gasteiger partial charge in [-0.1, -0.05) is 23.7 Å². The summed E-state index contributed by atoms with van der Waals surface area (Å²) in [5, 5.41) is 4.42. The van der Waals surface area contributed by atoms with Gasteiger partial charge in [-0.3, -0.25) is 5.43 Å². The van der Waals surface area contributed by atoms with Crippen molar-refractivity contribution in [3.05, 3.63) is 59.2 Å². The number of hydrogen-bond donors (Lipinski definition) is 1. The maximum Gasteiger partial charge on any atom is 0.185 e. The Kier molecular flexibility index (Phi) is 4.16. The number of para-hydroxylation sites is 2. The van der Waals surface area contributed by atoms with E-state index >= 15 is 0 Å². The summed E-state index contributed by atoms with van der Waals surface area (Å²) in [4.78, 5) is 8.67. The number of anilines is 1. The number of hydrazone groups is 1. The van der Waals surface area contributed by atoms with Crippen molar-refractivity contribution >= 4 is 34.7 Å². The zero-order valence-electron chi connectivity index (χ0n) is 11.8. The topological polar surface area (TPSA) is 59.4 Å². The number of fused-ring (bicyclic) bond motifs is 1. The summed E-state index contributed by atoms with van der Waals surface area (Å²) in [7, 11) is 1.63. The summed E-state index contributed by atoms with van der Waals surface area (Å²) in [6.45, 7) is 0. The lowest BCUT2D eigenvalue weighted by molar-refractivity contribution is 0.415. The number of ether oxygens (including phenoxy) is 1. The van der Waals surface area contributed by atoms with E-state index in [1.54, 1.807) is 13.3 Å². The van der Waals surface area contributed by atoms with Crippen LogP contribution >= 0.6 is 11.6 Å². The standard InChI is InChI=1S/C16H13ClN4O/c1-22-12-8-6-11(7-9-12)10-18-21-16-15(17)19-13-4-2-3-5-14(13)20-16/h2-10H,1H3,(H,20,21)/b18-10+. The van der Waals surface area contributed by atoms with Gasteiger partial charge >= 0.3 is 0 Å². The molecule has 0 radical (unpaired) electrons. The molecule has 22 heavy (non-hydrogen) atoms. The molecule has 5 nitrogen and oxygen atoms in total. The highest BCUT2D eigenvalue weighted by molar-refractivity contribution is 6.32. The van der Waals surface area contributed by atoms with E-state index in [2.05, 4.69) is 20.5 Å². The number of aromatic nitrogens is 2. The zero-order valence-corrected chi connectivity index (χ0v) is 12.6. The fraction of sp³-hybridized carbons (Fsp3) is 0.0625. The van der Waals surface area contributed by atoms with Crippen molar-refractivity contribution in [1.82, 2.24) is 9.97 Å². The molecular formula is C16H13ClN4O. The van der Waals surface area contributed by atoms with E-state index in [4.69, 9.17) is 16.3 Å². The Morgan fingerprint density at radius 1 is 1.05 bits per heavy atom. The van der Waals surface area contributed by atoms with Crippen LogP contribution in [0, 0.1) is 0 Å². The molecule has 0 saturated heterocycles. The monoisotopic (exact) mass is 312 g/mol. The van der Waals surface area contributed by atoms with Gasteiger partial charge in [-0.2, -0.15) is 5.10 Å². The summed E-state index contributed by atoms with van der Waals surface area (Å²) in [6, 6.07) is 15.1. The molecule has 0 atom stereocenters. The van der Waals surface area contributed by atoms with Crippen molar-refractivity contribution in [2.45, 2.75) is 0 Å². The highest BCUT2D eigenvalue weighted by atomic mass is 35.5. The lowest BCUT2D eigenvalue weighted by Gasteiger charge is -2.04. The smallest absolute Gasteiger partial charge is 0.185 e. The summed E-state index contributed by atoms with van der Waals surface area (Å²) in [5.74, 6) is 1.22. The lowest BCUT2D eigenvalue weighted by atomic mass is 10.2. The first-order valence-electron chi connectivity index (χ1n) is 6.61. The van der Waals surface area contributed by atoms with E-state index in [0.717, 1.165) is 22.3 Å². The van der Waals surface area contributed by atoms with Gasteiger partial charge in [-0.15, -0.1) is 0 Å². The third-order valence-electron chi connectivity index (χ3n) is 3.03. The number of rotatable bonds is 4. The molecule has 0 aliphatic rings. The van der Waals surface area contributed by atoms with Crippen LogP contribution in [-0.4, -0.2) is 23.3 Å². The van der Waals surface area contributed by atoms with Crippen molar-refractivity contribution < 1.29 is 4.74 Å². The molecule has 0 aliphatic carbocycles. The third kappa shape index (κ3) is 3.15. The fourth-order valence-electron chi connectivity index (χ4n) is 1.91. The minimum Gasteiger partial charge on any atom is -0.497 e. The molecule has 0 amide bonds. The quantitative estimate of drug-likeness (QED) is 0.589. The van der Waals surface area contributed by atoms with Crippen LogP contribution in [0.4, 0.5) is 5.82 Å². The first-order chi connectivity index (χ1) is 10.8. The van der Waals surface area contributed by atoms with E-state index in [0.29, 0.717) is 5.82 Å². The Bertz CT molecular complexity index is 818. The van der Waals surface area contributed by atoms with Gasteiger partial charge in [-0.05, 0) is 42.0 Å². The van der Waals surface area contributed by atoms with Gasteiger partial charge < -0.3 is 4.74 Å². The van der Waals surface area contributed by atoms with Crippen molar-refractivity contribution in [2.24, 2.45) is 5.10 Å². The number of benzene rings is 2. The Hall–Kier alpha value is -2.66. The normalized spacial score (nSPS) is 11.0. The minimum absolute atomic E-state index is 0.283. The van der Waals surface area contributed by atoms with E-state index in [1.807, 2.05) is 48.5 Å². The molecule has 110 valence electrons. The molecule has 2 aromatic carbocycles. The lowest BCUT2D eigenvalue weighted by Crippen LogP contribution is -1.97. The molecule has 3 aromatic rings. The molecule has 0 aliphatic heterocycles.